The zero-order valence-electron chi connectivity index (χ0n) is 9.10. The number of halogens is 1. The molecule has 0 heterocycles. The second-order valence-corrected chi connectivity index (χ2v) is 3.84. The Kier molecular flexibility index (Phi) is 3.29. The lowest BCUT2D eigenvalue weighted by Gasteiger charge is -2.26. The fraction of sp³-hybridized carbons (Fsp3) is 0.364. The molecule has 4 heteroatoms. The van der Waals surface area contributed by atoms with Crippen molar-refractivity contribution < 1.29 is 9.18 Å². The molecule has 0 aliphatic carbocycles. The molecule has 82 valence electrons. The number of rotatable bonds is 2. The summed E-state index contributed by atoms with van der Waals surface area (Å²) >= 11 is 0. The summed E-state index contributed by atoms with van der Waals surface area (Å²) in [7, 11) is 1.55. The molecule has 0 saturated carbocycles. The van der Waals surface area contributed by atoms with Crippen molar-refractivity contribution in [2.24, 2.45) is 0 Å². The molecule has 0 aliphatic rings. The van der Waals surface area contributed by atoms with Crippen molar-refractivity contribution in [3.63, 3.8) is 0 Å². The first-order valence-electron chi connectivity index (χ1n) is 4.71. The van der Waals surface area contributed by atoms with Crippen LogP contribution < -0.4 is 10.6 Å². The van der Waals surface area contributed by atoms with Crippen molar-refractivity contribution in [3.8, 4) is 0 Å². The van der Waals surface area contributed by atoms with Crippen LogP contribution >= 0.6 is 0 Å². The van der Waals surface area contributed by atoms with Gasteiger partial charge < -0.3 is 10.6 Å². The Bertz CT molecular complexity index is 346. The first kappa shape index (κ1) is 11.5. The molecule has 3 nitrogen and oxygen atoms in total. The van der Waals surface area contributed by atoms with Crippen molar-refractivity contribution in [1.82, 2.24) is 10.6 Å². The maximum Gasteiger partial charge on any atom is 0.315 e. The van der Waals surface area contributed by atoms with E-state index in [9.17, 15) is 9.18 Å². The van der Waals surface area contributed by atoms with E-state index in [4.69, 9.17) is 0 Å². The van der Waals surface area contributed by atoms with E-state index >= 15 is 0 Å². The van der Waals surface area contributed by atoms with Crippen LogP contribution in [0.25, 0.3) is 0 Å². The first-order valence-corrected chi connectivity index (χ1v) is 4.71. The van der Waals surface area contributed by atoms with Crippen LogP contribution in [0, 0.1) is 5.82 Å². The van der Waals surface area contributed by atoms with Crippen molar-refractivity contribution in [2.45, 2.75) is 19.4 Å². The largest absolute Gasteiger partial charge is 0.341 e. The number of carbonyl (C=O) groups excluding carboxylic acids is 1. The van der Waals surface area contributed by atoms with Crippen LogP contribution in [-0.2, 0) is 5.54 Å². The van der Waals surface area contributed by atoms with E-state index in [0.29, 0.717) is 0 Å². The van der Waals surface area contributed by atoms with Crippen LogP contribution in [-0.4, -0.2) is 13.1 Å². The molecule has 0 unspecified atom stereocenters. The fourth-order valence-corrected chi connectivity index (χ4v) is 1.29. The van der Waals surface area contributed by atoms with E-state index in [1.54, 1.807) is 19.2 Å². The summed E-state index contributed by atoms with van der Waals surface area (Å²) in [5.74, 6) is -0.283. The summed E-state index contributed by atoms with van der Waals surface area (Å²) < 4.78 is 12.7. The number of amides is 2. The van der Waals surface area contributed by atoms with Crippen LogP contribution in [0.5, 0.6) is 0 Å². The van der Waals surface area contributed by atoms with E-state index < -0.39 is 5.54 Å². The quantitative estimate of drug-likeness (QED) is 0.770. The van der Waals surface area contributed by atoms with Crippen molar-refractivity contribution in [1.29, 1.82) is 0 Å². The normalized spacial score (nSPS) is 10.9. The Morgan fingerprint density at radius 3 is 2.27 bits per heavy atom. The maximum absolute atomic E-state index is 12.7. The van der Waals surface area contributed by atoms with Crippen molar-refractivity contribution in [3.05, 3.63) is 35.6 Å². The van der Waals surface area contributed by atoms with Crippen LogP contribution in [0.1, 0.15) is 19.4 Å². The highest BCUT2D eigenvalue weighted by Crippen LogP contribution is 2.19. The zero-order valence-corrected chi connectivity index (χ0v) is 9.10. The Labute approximate surface area is 88.7 Å². The summed E-state index contributed by atoms with van der Waals surface area (Å²) in [6, 6.07) is 5.81. The van der Waals surface area contributed by atoms with Crippen LogP contribution in [0.3, 0.4) is 0 Å². The molecule has 0 aliphatic heterocycles. The van der Waals surface area contributed by atoms with Gasteiger partial charge in [0.2, 0.25) is 0 Å². The highest BCUT2D eigenvalue weighted by Gasteiger charge is 2.21. The number of carbonyl (C=O) groups is 1. The van der Waals surface area contributed by atoms with Gasteiger partial charge >= 0.3 is 6.03 Å². The standard InChI is InChI=1S/C11H15FN2O/c1-11(2,14-10(15)13-3)8-4-6-9(12)7-5-8/h4-7H,1-3H3,(H2,13,14,15). The highest BCUT2D eigenvalue weighted by atomic mass is 19.1. The topological polar surface area (TPSA) is 41.1 Å². The van der Waals surface area contributed by atoms with Crippen LogP contribution in [0.15, 0.2) is 24.3 Å². The number of benzene rings is 1. The molecule has 0 bridgehead atoms. The van der Waals surface area contributed by atoms with Crippen molar-refractivity contribution >= 4 is 6.03 Å². The minimum absolute atomic E-state index is 0.260. The number of nitrogens with one attached hydrogen (secondary N) is 2. The predicted octanol–water partition coefficient (Wildman–Crippen LogP) is 1.99. The predicted molar refractivity (Wildman–Crippen MR) is 57.0 cm³/mol. The molecule has 1 aromatic rings. The van der Waals surface area contributed by atoms with Gasteiger partial charge in [0.25, 0.3) is 0 Å². The second-order valence-electron chi connectivity index (χ2n) is 3.84. The Balaban J connectivity index is 2.85. The molecule has 2 amide bonds. The van der Waals surface area contributed by atoms with Gasteiger partial charge in [0, 0.05) is 7.05 Å². The average Bonchev–Trinajstić information content (AvgIpc) is 2.17. The van der Waals surface area contributed by atoms with Gasteiger partial charge in [-0.05, 0) is 31.5 Å². The van der Waals surface area contributed by atoms with Gasteiger partial charge in [-0.1, -0.05) is 12.1 Å². The van der Waals surface area contributed by atoms with Gasteiger partial charge in [-0.2, -0.15) is 0 Å². The first-order chi connectivity index (χ1) is 6.95. The molecule has 1 aromatic carbocycles. The lowest BCUT2D eigenvalue weighted by atomic mass is 9.94. The number of hydrogen-bond donors (Lipinski definition) is 2. The zero-order chi connectivity index (χ0) is 11.5. The van der Waals surface area contributed by atoms with E-state index in [1.165, 1.54) is 12.1 Å². The molecule has 0 aromatic heterocycles. The summed E-state index contributed by atoms with van der Waals surface area (Å²) in [5.41, 5.74) is 0.334. The molecule has 15 heavy (non-hydrogen) atoms. The summed E-state index contributed by atoms with van der Waals surface area (Å²) in [5, 5.41) is 5.25. The maximum atomic E-state index is 12.7. The molecule has 0 fully saturated rings. The summed E-state index contributed by atoms with van der Waals surface area (Å²) in [6.07, 6.45) is 0. The van der Waals surface area contributed by atoms with Gasteiger partial charge in [-0.25, -0.2) is 9.18 Å². The van der Waals surface area contributed by atoms with Gasteiger partial charge in [-0.15, -0.1) is 0 Å². The molecule has 0 saturated heterocycles. The van der Waals surface area contributed by atoms with Crippen molar-refractivity contribution in [2.75, 3.05) is 7.05 Å². The molecule has 0 atom stereocenters. The smallest absolute Gasteiger partial charge is 0.315 e. The SMILES string of the molecule is CNC(=O)NC(C)(C)c1ccc(F)cc1. The Morgan fingerprint density at radius 2 is 1.80 bits per heavy atom. The summed E-state index contributed by atoms with van der Waals surface area (Å²) in [6.45, 7) is 3.71. The van der Waals surface area contributed by atoms with E-state index in [1.807, 2.05) is 13.8 Å². The van der Waals surface area contributed by atoms with Gasteiger partial charge in [0.15, 0.2) is 0 Å². The van der Waals surface area contributed by atoms with Crippen LogP contribution in [0.2, 0.25) is 0 Å². The highest BCUT2D eigenvalue weighted by molar-refractivity contribution is 5.74. The van der Waals surface area contributed by atoms with E-state index in [0.717, 1.165) is 5.56 Å². The van der Waals surface area contributed by atoms with Gasteiger partial charge in [0.05, 0.1) is 5.54 Å². The minimum Gasteiger partial charge on any atom is -0.341 e. The van der Waals surface area contributed by atoms with E-state index in [-0.39, 0.29) is 11.8 Å². The second kappa shape index (κ2) is 4.29. The minimum atomic E-state index is -0.520. The third-order valence-corrected chi connectivity index (χ3v) is 2.22. The van der Waals surface area contributed by atoms with E-state index in [2.05, 4.69) is 10.6 Å². The average molecular weight is 210 g/mol. The van der Waals surface area contributed by atoms with Gasteiger partial charge in [-0.3, -0.25) is 0 Å². The number of urea groups is 1. The Hall–Kier alpha value is -1.58. The molecule has 2 N–H and O–H groups in total. The molecule has 1 rings (SSSR count). The fourth-order valence-electron chi connectivity index (χ4n) is 1.29. The lowest BCUT2D eigenvalue weighted by molar-refractivity contribution is 0.232. The van der Waals surface area contributed by atoms with Gasteiger partial charge in [0.1, 0.15) is 5.82 Å². The Morgan fingerprint density at radius 1 is 1.27 bits per heavy atom. The summed E-state index contributed by atoms with van der Waals surface area (Å²) in [4.78, 5) is 11.2. The lowest BCUT2D eigenvalue weighted by Crippen LogP contribution is -2.45. The third kappa shape index (κ3) is 2.94. The molecule has 0 spiro atoms. The third-order valence-electron chi connectivity index (χ3n) is 2.22. The molecule has 0 radical (unpaired) electrons. The van der Waals surface area contributed by atoms with Crippen LogP contribution in [0.4, 0.5) is 9.18 Å². The molecular weight excluding hydrogens is 195 g/mol. The number of hydrogen-bond acceptors (Lipinski definition) is 1. The molecular formula is C11H15FN2O. The monoisotopic (exact) mass is 210 g/mol.